The molecule has 0 bridgehead atoms. The van der Waals surface area contributed by atoms with Gasteiger partial charge < -0.3 is 10.6 Å². The van der Waals surface area contributed by atoms with E-state index in [4.69, 9.17) is 0 Å². The monoisotopic (exact) mass is 368 g/mol. The molecular formula is C18H17BrN4. The molecule has 3 rings (SSSR count). The van der Waals surface area contributed by atoms with E-state index < -0.39 is 0 Å². The van der Waals surface area contributed by atoms with Crippen molar-refractivity contribution < 1.29 is 0 Å². The standard InChI is InChI=1S/C18H17BrN4/c1-12-3-5-14(6-4-12)22-18-20-10-9-17(23-18)21-15-7-8-16(19)13(2)11-15/h3-11H,1-2H3,(H2,20,21,22,23). The molecule has 4 nitrogen and oxygen atoms in total. The fourth-order valence-electron chi connectivity index (χ4n) is 2.12. The lowest BCUT2D eigenvalue weighted by atomic mass is 10.2. The van der Waals surface area contributed by atoms with Crippen molar-refractivity contribution >= 4 is 39.1 Å². The van der Waals surface area contributed by atoms with Crippen LogP contribution < -0.4 is 10.6 Å². The van der Waals surface area contributed by atoms with E-state index in [2.05, 4.69) is 68.6 Å². The van der Waals surface area contributed by atoms with Gasteiger partial charge in [-0.05, 0) is 55.8 Å². The molecule has 0 unspecified atom stereocenters. The van der Waals surface area contributed by atoms with Crippen LogP contribution >= 0.6 is 15.9 Å². The number of benzene rings is 2. The summed E-state index contributed by atoms with van der Waals surface area (Å²) in [6, 6.07) is 16.1. The minimum atomic E-state index is 0.563. The summed E-state index contributed by atoms with van der Waals surface area (Å²) in [6.45, 7) is 4.12. The van der Waals surface area contributed by atoms with Crippen LogP contribution in [0.25, 0.3) is 0 Å². The molecule has 1 aromatic heterocycles. The normalized spacial score (nSPS) is 10.4. The molecule has 3 aromatic rings. The molecule has 0 saturated carbocycles. The van der Waals surface area contributed by atoms with Gasteiger partial charge in [0.25, 0.3) is 0 Å². The van der Waals surface area contributed by atoms with Crippen molar-refractivity contribution in [2.24, 2.45) is 0 Å². The Balaban J connectivity index is 1.76. The third kappa shape index (κ3) is 4.07. The average Bonchev–Trinajstić information content (AvgIpc) is 2.54. The van der Waals surface area contributed by atoms with E-state index in [-0.39, 0.29) is 0 Å². The summed E-state index contributed by atoms with van der Waals surface area (Å²) >= 11 is 3.51. The Labute approximate surface area is 144 Å². The Morgan fingerprint density at radius 1 is 0.870 bits per heavy atom. The third-order valence-electron chi connectivity index (χ3n) is 3.39. The predicted octanol–water partition coefficient (Wildman–Crippen LogP) is 5.34. The number of hydrogen-bond acceptors (Lipinski definition) is 4. The number of nitrogens with one attached hydrogen (secondary N) is 2. The lowest BCUT2D eigenvalue weighted by Gasteiger charge is -2.09. The Kier molecular flexibility index (Phi) is 4.57. The van der Waals surface area contributed by atoms with Crippen molar-refractivity contribution in [2.45, 2.75) is 13.8 Å². The molecule has 0 radical (unpaired) electrons. The number of anilines is 4. The molecule has 5 heteroatoms. The highest BCUT2D eigenvalue weighted by Gasteiger charge is 2.02. The van der Waals surface area contributed by atoms with Gasteiger partial charge in [-0.15, -0.1) is 0 Å². The minimum absolute atomic E-state index is 0.563. The van der Waals surface area contributed by atoms with Crippen LogP contribution in [-0.2, 0) is 0 Å². The van der Waals surface area contributed by atoms with Gasteiger partial charge in [0.15, 0.2) is 0 Å². The summed E-state index contributed by atoms with van der Waals surface area (Å²) in [4.78, 5) is 8.75. The molecule has 0 aliphatic heterocycles. The maximum atomic E-state index is 4.49. The predicted molar refractivity (Wildman–Crippen MR) is 98.7 cm³/mol. The average molecular weight is 369 g/mol. The van der Waals surface area contributed by atoms with E-state index in [0.29, 0.717) is 5.95 Å². The number of aryl methyl sites for hydroxylation is 2. The number of rotatable bonds is 4. The molecule has 2 aromatic carbocycles. The summed E-state index contributed by atoms with van der Waals surface area (Å²) in [5.41, 5.74) is 4.34. The largest absolute Gasteiger partial charge is 0.340 e. The molecule has 0 spiro atoms. The molecule has 0 aliphatic carbocycles. The Morgan fingerprint density at radius 2 is 1.61 bits per heavy atom. The summed E-state index contributed by atoms with van der Waals surface area (Å²) in [6.07, 6.45) is 1.73. The molecule has 0 atom stereocenters. The quantitative estimate of drug-likeness (QED) is 0.652. The van der Waals surface area contributed by atoms with Gasteiger partial charge in [-0.3, -0.25) is 0 Å². The Hall–Kier alpha value is -2.40. The third-order valence-corrected chi connectivity index (χ3v) is 4.28. The first-order valence-electron chi connectivity index (χ1n) is 7.30. The van der Waals surface area contributed by atoms with Crippen molar-refractivity contribution in [3.8, 4) is 0 Å². The molecule has 0 amide bonds. The van der Waals surface area contributed by atoms with Crippen LogP contribution in [0.4, 0.5) is 23.1 Å². The van der Waals surface area contributed by atoms with Crippen molar-refractivity contribution in [2.75, 3.05) is 10.6 Å². The van der Waals surface area contributed by atoms with Crippen LogP contribution in [0, 0.1) is 13.8 Å². The highest BCUT2D eigenvalue weighted by Crippen LogP contribution is 2.23. The lowest BCUT2D eigenvalue weighted by molar-refractivity contribution is 1.16. The van der Waals surface area contributed by atoms with Crippen molar-refractivity contribution in [3.05, 3.63) is 70.3 Å². The molecule has 2 N–H and O–H groups in total. The zero-order valence-corrected chi connectivity index (χ0v) is 14.6. The number of halogens is 1. The molecule has 0 fully saturated rings. The molecule has 0 aliphatic rings. The summed E-state index contributed by atoms with van der Waals surface area (Å²) in [5.74, 6) is 1.31. The van der Waals surface area contributed by atoms with Crippen molar-refractivity contribution in [3.63, 3.8) is 0 Å². The second kappa shape index (κ2) is 6.79. The van der Waals surface area contributed by atoms with E-state index in [1.807, 2.05) is 30.3 Å². The smallest absolute Gasteiger partial charge is 0.229 e. The van der Waals surface area contributed by atoms with Gasteiger partial charge in [-0.2, -0.15) is 4.98 Å². The van der Waals surface area contributed by atoms with Crippen molar-refractivity contribution in [1.82, 2.24) is 9.97 Å². The lowest BCUT2D eigenvalue weighted by Crippen LogP contribution is -2.00. The van der Waals surface area contributed by atoms with E-state index in [1.54, 1.807) is 6.20 Å². The summed E-state index contributed by atoms with van der Waals surface area (Å²) < 4.78 is 1.09. The van der Waals surface area contributed by atoms with Crippen molar-refractivity contribution in [1.29, 1.82) is 0 Å². The SMILES string of the molecule is Cc1ccc(Nc2nccc(Nc3ccc(Br)c(C)c3)n2)cc1. The molecule has 116 valence electrons. The fraction of sp³-hybridized carbons (Fsp3) is 0.111. The van der Waals surface area contributed by atoms with Crippen LogP contribution in [0.15, 0.2) is 59.2 Å². The number of nitrogens with zero attached hydrogens (tertiary/aromatic N) is 2. The van der Waals surface area contributed by atoms with Gasteiger partial charge in [-0.25, -0.2) is 4.98 Å². The zero-order valence-electron chi connectivity index (χ0n) is 13.0. The first-order chi connectivity index (χ1) is 11.1. The Bertz CT molecular complexity index is 816. The molecule has 23 heavy (non-hydrogen) atoms. The van der Waals surface area contributed by atoms with E-state index in [9.17, 15) is 0 Å². The summed E-state index contributed by atoms with van der Waals surface area (Å²) in [5, 5.41) is 6.50. The molecular weight excluding hydrogens is 352 g/mol. The summed E-state index contributed by atoms with van der Waals surface area (Å²) in [7, 11) is 0. The van der Waals surface area contributed by atoms with Crippen LogP contribution in [0.5, 0.6) is 0 Å². The van der Waals surface area contributed by atoms with Crippen LogP contribution in [0.3, 0.4) is 0 Å². The first-order valence-corrected chi connectivity index (χ1v) is 8.09. The maximum Gasteiger partial charge on any atom is 0.229 e. The van der Waals surface area contributed by atoms with Crippen LogP contribution in [0.2, 0.25) is 0 Å². The van der Waals surface area contributed by atoms with Gasteiger partial charge in [0, 0.05) is 22.0 Å². The van der Waals surface area contributed by atoms with Crippen LogP contribution in [0.1, 0.15) is 11.1 Å². The van der Waals surface area contributed by atoms with Gasteiger partial charge >= 0.3 is 0 Å². The second-order valence-corrected chi connectivity index (χ2v) is 6.20. The first kappa shape index (κ1) is 15.5. The zero-order chi connectivity index (χ0) is 16.2. The van der Waals surface area contributed by atoms with Gasteiger partial charge in [0.1, 0.15) is 5.82 Å². The van der Waals surface area contributed by atoms with Gasteiger partial charge in [0.05, 0.1) is 0 Å². The van der Waals surface area contributed by atoms with Gasteiger partial charge in [-0.1, -0.05) is 33.6 Å². The maximum absolute atomic E-state index is 4.49. The molecule has 0 saturated heterocycles. The van der Waals surface area contributed by atoms with Gasteiger partial charge in [0.2, 0.25) is 5.95 Å². The highest BCUT2D eigenvalue weighted by molar-refractivity contribution is 9.10. The highest BCUT2D eigenvalue weighted by atomic mass is 79.9. The second-order valence-electron chi connectivity index (χ2n) is 5.35. The Morgan fingerprint density at radius 3 is 2.35 bits per heavy atom. The van der Waals surface area contributed by atoms with E-state index in [1.165, 1.54) is 11.1 Å². The molecule has 1 heterocycles. The fourth-order valence-corrected chi connectivity index (χ4v) is 2.37. The van der Waals surface area contributed by atoms with E-state index >= 15 is 0 Å². The minimum Gasteiger partial charge on any atom is -0.340 e. The number of hydrogen-bond donors (Lipinski definition) is 2. The topological polar surface area (TPSA) is 49.8 Å². The van der Waals surface area contributed by atoms with Crippen LogP contribution in [-0.4, -0.2) is 9.97 Å². The van der Waals surface area contributed by atoms with E-state index in [0.717, 1.165) is 21.7 Å². The number of aromatic nitrogens is 2.